The van der Waals surface area contributed by atoms with Gasteiger partial charge in [-0.2, -0.15) is 0 Å². The lowest BCUT2D eigenvalue weighted by Gasteiger charge is -2.09. The Bertz CT molecular complexity index is 1150. The zero-order valence-electron chi connectivity index (χ0n) is 18.6. The molecule has 0 saturated heterocycles. The molecule has 2 aromatic heterocycles. The van der Waals surface area contributed by atoms with Crippen LogP contribution in [0.5, 0.6) is 5.75 Å². The van der Waals surface area contributed by atoms with Gasteiger partial charge in [-0.3, -0.25) is 4.79 Å². The van der Waals surface area contributed by atoms with Crippen LogP contribution in [0.2, 0.25) is 0 Å². The van der Waals surface area contributed by atoms with Crippen LogP contribution in [0.3, 0.4) is 0 Å². The summed E-state index contributed by atoms with van der Waals surface area (Å²) in [6.07, 6.45) is 5.11. The van der Waals surface area contributed by atoms with Crippen molar-refractivity contribution in [3.63, 3.8) is 0 Å². The number of thiophene rings is 2. The van der Waals surface area contributed by atoms with Crippen LogP contribution in [0.4, 0.5) is 5.00 Å². The summed E-state index contributed by atoms with van der Waals surface area (Å²) in [4.78, 5) is 27.2. The van der Waals surface area contributed by atoms with Gasteiger partial charge in [-0.05, 0) is 73.7 Å². The summed E-state index contributed by atoms with van der Waals surface area (Å²) >= 11 is 2.88. The van der Waals surface area contributed by atoms with Crippen molar-refractivity contribution in [1.29, 1.82) is 0 Å². The van der Waals surface area contributed by atoms with Crippen molar-refractivity contribution in [2.75, 3.05) is 12.4 Å². The Morgan fingerprint density at radius 1 is 1.12 bits per heavy atom. The van der Waals surface area contributed by atoms with E-state index in [1.165, 1.54) is 40.2 Å². The van der Waals surface area contributed by atoms with E-state index in [2.05, 4.69) is 18.3 Å². The molecule has 0 radical (unpaired) electrons. The van der Waals surface area contributed by atoms with E-state index in [4.69, 9.17) is 9.47 Å². The number of hydrogen-bond acceptors (Lipinski definition) is 6. The molecule has 1 aliphatic rings. The number of esters is 1. The predicted octanol–water partition coefficient (Wildman–Crippen LogP) is 6.31. The van der Waals surface area contributed by atoms with Crippen LogP contribution >= 0.6 is 22.7 Å². The summed E-state index contributed by atoms with van der Waals surface area (Å²) in [6.45, 7) is 4.50. The number of fused-ring (bicyclic) bond motifs is 1. The normalized spacial score (nSPS) is 13.2. The second kappa shape index (κ2) is 9.88. The number of benzene rings is 1. The predicted molar refractivity (Wildman–Crippen MR) is 129 cm³/mol. The third-order valence-electron chi connectivity index (χ3n) is 5.86. The smallest absolute Gasteiger partial charge is 0.341 e. The van der Waals surface area contributed by atoms with E-state index in [-0.39, 0.29) is 11.9 Å². The molecule has 1 N–H and O–H groups in total. The monoisotopic (exact) mass is 469 g/mol. The minimum atomic E-state index is -0.381. The van der Waals surface area contributed by atoms with Crippen LogP contribution in [-0.2, 0) is 24.2 Å². The molecule has 32 heavy (non-hydrogen) atoms. The van der Waals surface area contributed by atoms with Gasteiger partial charge in [0.25, 0.3) is 5.91 Å². The summed E-state index contributed by atoms with van der Waals surface area (Å²) in [5.74, 6) is 0.257. The minimum absolute atomic E-state index is 0.213. The van der Waals surface area contributed by atoms with Crippen molar-refractivity contribution in [1.82, 2.24) is 0 Å². The molecule has 1 aliphatic carbocycles. The Hall–Kier alpha value is -2.64. The molecule has 0 atom stereocenters. The molecule has 7 heteroatoms. The topological polar surface area (TPSA) is 64.6 Å². The molecule has 0 aliphatic heterocycles. The largest absolute Gasteiger partial charge is 0.489 e. The average molecular weight is 470 g/mol. The van der Waals surface area contributed by atoms with Crippen molar-refractivity contribution in [3.8, 4) is 5.75 Å². The SMILES string of the molecule is COC(=O)c1c(NC(=O)c2cc(COc3cccc(C)c3C)cs2)sc2c1CCCCC2. The van der Waals surface area contributed by atoms with Gasteiger partial charge in [-0.25, -0.2) is 4.79 Å². The fourth-order valence-corrected chi connectivity index (χ4v) is 5.99. The highest BCUT2D eigenvalue weighted by Crippen LogP contribution is 2.38. The number of ether oxygens (including phenoxy) is 2. The van der Waals surface area contributed by atoms with E-state index in [1.807, 2.05) is 30.5 Å². The molecule has 1 amide bonds. The van der Waals surface area contributed by atoms with Gasteiger partial charge < -0.3 is 14.8 Å². The number of carbonyl (C=O) groups excluding carboxylic acids is 2. The highest BCUT2D eigenvalue weighted by Gasteiger charge is 2.26. The zero-order valence-corrected chi connectivity index (χ0v) is 20.2. The Morgan fingerprint density at radius 3 is 2.75 bits per heavy atom. The van der Waals surface area contributed by atoms with Gasteiger partial charge in [0.15, 0.2) is 0 Å². The maximum Gasteiger partial charge on any atom is 0.341 e. The molecular weight excluding hydrogens is 442 g/mol. The fourth-order valence-electron chi connectivity index (χ4n) is 3.93. The molecule has 4 rings (SSSR count). The van der Waals surface area contributed by atoms with Gasteiger partial charge in [-0.15, -0.1) is 22.7 Å². The Kier molecular flexibility index (Phi) is 6.96. The number of amides is 1. The summed E-state index contributed by atoms with van der Waals surface area (Å²) in [6, 6.07) is 7.84. The second-order valence-electron chi connectivity index (χ2n) is 8.02. The average Bonchev–Trinajstić information content (AvgIpc) is 3.32. The first-order chi connectivity index (χ1) is 15.5. The van der Waals surface area contributed by atoms with Gasteiger partial charge in [0.05, 0.1) is 17.6 Å². The molecule has 3 aromatic rings. The van der Waals surface area contributed by atoms with Gasteiger partial charge in [-0.1, -0.05) is 18.6 Å². The number of anilines is 1. The first-order valence-corrected chi connectivity index (χ1v) is 12.5. The molecule has 5 nitrogen and oxygen atoms in total. The lowest BCUT2D eigenvalue weighted by molar-refractivity contribution is 0.0601. The van der Waals surface area contributed by atoms with Crippen LogP contribution in [0.25, 0.3) is 0 Å². The van der Waals surface area contributed by atoms with E-state index in [0.29, 0.717) is 22.0 Å². The first kappa shape index (κ1) is 22.6. The minimum Gasteiger partial charge on any atom is -0.489 e. The molecule has 1 aromatic carbocycles. The number of methoxy groups -OCH3 is 1. The van der Waals surface area contributed by atoms with Gasteiger partial charge in [0, 0.05) is 10.4 Å². The molecule has 0 fully saturated rings. The van der Waals surface area contributed by atoms with Gasteiger partial charge >= 0.3 is 5.97 Å². The number of nitrogens with one attached hydrogen (secondary N) is 1. The zero-order chi connectivity index (χ0) is 22.7. The lowest BCUT2D eigenvalue weighted by Crippen LogP contribution is -2.13. The van der Waals surface area contributed by atoms with Crippen LogP contribution in [0.1, 0.15) is 66.4 Å². The number of rotatable bonds is 6. The maximum absolute atomic E-state index is 13.0. The number of aryl methyl sites for hydroxylation is 2. The van der Waals surface area contributed by atoms with Crippen LogP contribution in [0, 0.1) is 13.8 Å². The summed E-state index contributed by atoms with van der Waals surface area (Å²) in [5, 5.41) is 5.50. The maximum atomic E-state index is 13.0. The highest BCUT2D eigenvalue weighted by atomic mass is 32.1. The molecule has 0 unspecified atom stereocenters. The quantitative estimate of drug-likeness (QED) is 0.339. The fraction of sp³-hybridized carbons (Fsp3) is 0.360. The summed E-state index contributed by atoms with van der Waals surface area (Å²) in [5.41, 5.74) is 4.81. The number of carbonyl (C=O) groups is 2. The summed E-state index contributed by atoms with van der Waals surface area (Å²) in [7, 11) is 1.39. The Labute approximate surface area is 196 Å². The second-order valence-corrected chi connectivity index (χ2v) is 10.0. The van der Waals surface area contributed by atoms with E-state index in [0.717, 1.165) is 54.5 Å². The van der Waals surface area contributed by atoms with E-state index >= 15 is 0 Å². The Balaban J connectivity index is 1.48. The molecule has 2 heterocycles. The summed E-state index contributed by atoms with van der Waals surface area (Å²) < 4.78 is 11.0. The van der Waals surface area contributed by atoms with Crippen molar-refractivity contribution in [3.05, 3.63) is 67.2 Å². The van der Waals surface area contributed by atoms with Crippen LogP contribution in [-0.4, -0.2) is 19.0 Å². The van der Waals surface area contributed by atoms with Crippen molar-refractivity contribution in [2.24, 2.45) is 0 Å². The van der Waals surface area contributed by atoms with Gasteiger partial charge in [0.2, 0.25) is 0 Å². The molecule has 0 saturated carbocycles. The van der Waals surface area contributed by atoms with Crippen LogP contribution < -0.4 is 10.1 Å². The van der Waals surface area contributed by atoms with E-state index in [9.17, 15) is 9.59 Å². The third-order valence-corrected chi connectivity index (χ3v) is 8.05. The lowest BCUT2D eigenvalue weighted by atomic mass is 10.1. The third kappa shape index (κ3) is 4.74. The van der Waals surface area contributed by atoms with Crippen molar-refractivity contribution < 1.29 is 19.1 Å². The standard InChI is InChI=1S/C25H27NO4S2/c1-15-8-7-10-19(16(15)2)30-13-17-12-21(31-14-17)23(27)26-24-22(25(28)29-3)18-9-5-4-6-11-20(18)32-24/h7-8,10,12,14H,4-6,9,11,13H2,1-3H3,(H,26,27). The first-order valence-electron chi connectivity index (χ1n) is 10.8. The van der Waals surface area contributed by atoms with E-state index in [1.54, 1.807) is 0 Å². The van der Waals surface area contributed by atoms with E-state index < -0.39 is 0 Å². The molecule has 0 spiro atoms. The molecular formula is C25H27NO4S2. The van der Waals surface area contributed by atoms with Crippen molar-refractivity contribution in [2.45, 2.75) is 52.6 Å². The number of hydrogen-bond donors (Lipinski definition) is 1. The van der Waals surface area contributed by atoms with Crippen LogP contribution in [0.15, 0.2) is 29.6 Å². The molecule has 168 valence electrons. The van der Waals surface area contributed by atoms with Crippen molar-refractivity contribution >= 4 is 39.6 Å². The van der Waals surface area contributed by atoms with Gasteiger partial charge in [0.1, 0.15) is 17.4 Å². The highest BCUT2D eigenvalue weighted by molar-refractivity contribution is 7.17. The molecule has 0 bridgehead atoms. The Morgan fingerprint density at radius 2 is 1.94 bits per heavy atom.